The molecule has 0 bridgehead atoms. The van der Waals surface area contributed by atoms with Crippen molar-refractivity contribution in [2.45, 2.75) is 13.3 Å². The van der Waals surface area contributed by atoms with Crippen LogP contribution in [0.15, 0.2) is 29.3 Å². The van der Waals surface area contributed by atoms with E-state index in [1.165, 1.54) is 6.07 Å². The molecule has 5 heteroatoms. The summed E-state index contributed by atoms with van der Waals surface area (Å²) in [5.74, 6) is 0.458. The summed E-state index contributed by atoms with van der Waals surface area (Å²) in [4.78, 5) is 4.14. The van der Waals surface area contributed by atoms with E-state index in [9.17, 15) is 4.39 Å². The zero-order valence-corrected chi connectivity index (χ0v) is 10.6. The molecule has 0 aliphatic carbocycles. The van der Waals surface area contributed by atoms with E-state index in [4.69, 9.17) is 5.11 Å². The second-order valence-corrected chi connectivity index (χ2v) is 3.75. The minimum absolute atomic E-state index is 0.0177. The summed E-state index contributed by atoms with van der Waals surface area (Å²) in [6.45, 7) is 3.68. The summed E-state index contributed by atoms with van der Waals surface area (Å²) in [6.07, 6.45) is 0.593. The minimum atomic E-state index is -0.184. The molecular formula is C13H20FN3O. The summed E-state index contributed by atoms with van der Waals surface area (Å²) >= 11 is 0. The summed E-state index contributed by atoms with van der Waals surface area (Å²) in [5, 5.41) is 14.9. The van der Waals surface area contributed by atoms with Crippen LogP contribution in [0.4, 0.5) is 4.39 Å². The Labute approximate surface area is 107 Å². The van der Waals surface area contributed by atoms with Gasteiger partial charge in [0.2, 0.25) is 0 Å². The van der Waals surface area contributed by atoms with E-state index in [-0.39, 0.29) is 12.4 Å². The van der Waals surface area contributed by atoms with E-state index in [0.29, 0.717) is 31.0 Å². The lowest BCUT2D eigenvalue weighted by Gasteiger charge is -2.11. The van der Waals surface area contributed by atoms with Gasteiger partial charge in [-0.3, -0.25) is 4.99 Å². The molecule has 0 unspecified atom stereocenters. The predicted octanol–water partition coefficient (Wildman–Crippen LogP) is 0.916. The van der Waals surface area contributed by atoms with Gasteiger partial charge in [0, 0.05) is 13.1 Å². The van der Waals surface area contributed by atoms with Gasteiger partial charge in [-0.25, -0.2) is 4.39 Å². The molecule has 100 valence electrons. The summed E-state index contributed by atoms with van der Waals surface area (Å²) < 4.78 is 13.4. The molecular weight excluding hydrogens is 233 g/mol. The Hall–Kier alpha value is -1.62. The number of nitrogens with one attached hydrogen (secondary N) is 2. The van der Waals surface area contributed by atoms with Crippen LogP contribution in [-0.4, -0.2) is 37.3 Å². The van der Waals surface area contributed by atoms with Crippen LogP contribution in [0.2, 0.25) is 0 Å². The number of rotatable bonds is 6. The molecule has 0 heterocycles. The Bertz CT molecular complexity index is 382. The maximum absolute atomic E-state index is 13.4. The fourth-order valence-corrected chi connectivity index (χ4v) is 1.52. The highest BCUT2D eigenvalue weighted by Gasteiger charge is 2.01. The maximum atomic E-state index is 13.4. The molecule has 18 heavy (non-hydrogen) atoms. The number of hydrogen-bond donors (Lipinski definition) is 3. The van der Waals surface area contributed by atoms with Crippen molar-refractivity contribution in [1.82, 2.24) is 10.6 Å². The van der Waals surface area contributed by atoms with Gasteiger partial charge >= 0.3 is 0 Å². The molecule has 1 rings (SSSR count). The highest BCUT2D eigenvalue weighted by molar-refractivity contribution is 5.79. The van der Waals surface area contributed by atoms with Crippen molar-refractivity contribution in [3.05, 3.63) is 35.6 Å². The van der Waals surface area contributed by atoms with E-state index in [1.54, 1.807) is 12.1 Å². The first-order chi connectivity index (χ1) is 8.77. The Kier molecular flexibility index (Phi) is 6.79. The third-order valence-electron chi connectivity index (χ3n) is 2.36. The van der Waals surface area contributed by atoms with Gasteiger partial charge in [0.15, 0.2) is 5.96 Å². The second kappa shape index (κ2) is 8.47. The number of nitrogens with zero attached hydrogens (tertiary/aromatic N) is 1. The molecule has 4 nitrogen and oxygen atoms in total. The van der Waals surface area contributed by atoms with Crippen LogP contribution in [0.1, 0.15) is 12.5 Å². The van der Waals surface area contributed by atoms with Crippen LogP contribution in [-0.2, 0) is 6.42 Å². The Balaban J connectivity index is 2.41. The normalized spacial score (nSPS) is 11.4. The van der Waals surface area contributed by atoms with E-state index in [0.717, 1.165) is 6.54 Å². The molecule has 0 atom stereocenters. The van der Waals surface area contributed by atoms with Gasteiger partial charge in [-0.15, -0.1) is 0 Å². The zero-order valence-electron chi connectivity index (χ0n) is 10.6. The van der Waals surface area contributed by atoms with Gasteiger partial charge in [-0.2, -0.15) is 0 Å². The molecule has 3 N–H and O–H groups in total. The van der Waals surface area contributed by atoms with Crippen molar-refractivity contribution in [2.24, 2.45) is 4.99 Å². The number of aliphatic hydroxyl groups excluding tert-OH is 1. The topological polar surface area (TPSA) is 56.7 Å². The largest absolute Gasteiger partial charge is 0.394 e. The molecule has 0 spiro atoms. The molecule has 1 aromatic rings. The molecule has 0 aliphatic rings. The van der Waals surface area contributed by atoms with Crippen molar-refractivity contribution < 1.29 is 9.50 Å². The molecule has 0 amide bonds. The second-order valence-electron chi connectivity index (χ2n) is 3.75. The highest BCUT2D eigenvalue weighted by atomic mass is 19.1. The molecule has 0 fully saturated rings. The average Bonchev–Trinajstić information content (AvgIpc) is 2.38. The third kappa shape index (κ3) is 5.14. The summed E-state index contributed by atoms with van der Waals surface area (Å²) in [5.41, 5.74) is 0.683. The SMILES string of the molecule is CCNC(=NCCO)NCCc1ccccc1F. The quantitative estimate of drug-likeness (QED) is 0.522. The monoisotopic (exact) mass is 253 g/mol. The molecule has 0 aliphatic heterocycles. The van der Waals surface area contributed by atoms with E-state index >= 15 is 0 Å². The van der Waals surface area contributed by atoms with Gasteiger partial charge in [0.25, 0.3) is 0 Å². The van der Waals surface area contributed by atoms with Crippen molar-refractivity contribution in [3.63, 3.8) is 0 Å². The van der Waals surface area contributed by atoms with Gasteiger partial charge < -0.3 is 15.7 Å². The summed E-state index contributed by atoms with van der Waals surface area (Å²) in [7, 11) is 0. The molecule has 0 aromatic heterocycles. The predicted molar refractivity (Wildman–Crippen MR) is 71.2 cm³/mol. The Morgan fingerprint density at radius 2 is 2.11 bits per heavy atom. The molecule has 0 saturated heterocycles. The first-order valence-corrected chi connectivity index (χ1v) is 6.14. The van der Waals surface area contributed by atoms with E-state index in [1.807, 2.05) is 13.0 Å². The average molecular weight is 253 g/mol. The number of hydrogen-bond acceptors (Lipinski definition) is 2. The molecule has 0 saturated carbocycles. The smallest absolute Gasteiger partial charge is 0.191 e. The van der Waals surface area contributed by atoms with Gasteiger partial charge in [0.1, 0.15) is 5.82 Å². The van der Waals surface area contributed by atoms with Crippen LogP contribution >= 0.6 is 0 Å². The lowest BCUT2D eigenvalue weighted by molar-refractivity contribution is 0.306. The lowest BCUT2D eigenvalue weighted by atomic mass is 10.1. The van der Waals surface area contributed by atoms with Crippen LogP contribution in [0, 0.1) is 5.82 Å². The van der Waals surface area contributed by atoms with Crippen molar-refractivity contribution in [2.75, 3.05) is 26.2 Å². The lowest BCUT2D eigenvalue weighted by Crippen LogP contribution is -2.38. The highest BCUT2D eigenvalue weighted by Crippen LogP contribution is 2.05. The number of aliphatic hydroxyl groups is 1. The van der Waals surface area contributed by atoms with E-state index < -0.39 is 0 Å². The fraction of sp³-hybridized carbons (Fsp3) is 0.462. The standard InChI is InChI=1S/C13H20FN3O/c1-2-15-13(17-9-10-18)16-8-7-11-5-3-4-6-12(11)14/h3-6,18H,2,7-10H2,1H3,(H2,15,16,17). The summed E-state index contributed by atoms with van der Waals surface area (Å²) in [6, 6.07) is 6.73. The van der Waals surface area contributed by atoms with Crippen LogP contribution in [0.25, 0.3) is 0 Å². The minimum Gasteiger partial charge on any atom is -0.394 e. The Morgan fingerprint density at radius 3 is 2.78 bits per heavy atom. The first-order valence-electron chi connectivity index (χ1n) is 6.14. The van der Waals surface area contributed by atoms with Gasteiger partial charge in [0.05, 0.1) is 13.2 Å². The number of benzene rings is 1. The fourth-order valence-electron chi connectivity index (χ4n) is 1.52. The van der Waals surface area contributed by atoms with Gasteiger partial charge in [-0.1, -0.05) is 18.2 Å². The van der Waals surface area contributed by atoms with Crippen LogP contribution < -0.4 is 10.6 Å². The van der Waals surface area contributed by atoms with Gasteiger partial charge in [-0.05, 0) is 25.0 Å². The van der Waals surface area contributed by atoms with Crippen molar-refractivity contribution in [3.8, 4) is 0 Å². The van der Waals surface area contributed by atoms with Crippen LogP contribution in [0.3, 0.4) is 0 Å². The Morgan fingerprint density at radius 1 is 1.33 bits per heavy atom. The number of aliphatic imine (C=N–C) groups is 1. The first kappa shape index (κ1) is 14.4. The van der Waals surface area contributed by atoms with Crippen LogP contribution in [0.5, 0.6) is 0 Å². The van der Waals surface area contributed by atoms with E-state index in [2.05, 4.69) is 15.6 Å². The number of halogens is 1. The van der Waals surface area contributed by atoms with Crippen molar-refractivity contribution >= 4 is 5.96 Å². The molecule has 1 aromatic carbocycles. The maximum Gasteiger partial charge on any atom is 0.191 e. The number of guanidine groups is 1. The van der Waals surface area contributed by atoms with Crippen molar-refractivity contribution in [1.29, 1.82) is 0 Å². The molecule has 0 radical (unpaired) electrons. The third-order valence-corrected chi connectivity index (χ3v) is 2.36. The zero-order chi connectivity index (χ0) is 13.2.